The maximum atomic E-state index is 15.1. The molecule has 3 nitrogen and oxygen atoms in total. The first-order valence-corrected chi connectivity index (χ1v) is 14.8. The normalized spacial score (nSPS) is 13.3. The van der Waals surface area contributed by atoms with E-state index in [2.05, 4.69) is 89.9 Å². The Hall–Kier alpha value is -5.81. The van der Waals surface area contributed by atoms with Crippen LogP contribution in [0.2, 0.25) is 0 Å². The summed E-state index contributed by atoms with van der Waals surface area (Å²) in [5.74, 6) is -0.291. The van der Waals surface area contributed by atoms with Crippen molar-refractivity contribution in [1.82, 2.24) is 15.0 Å². The van der Waals surface area contributed by atoms with Crippen LogP contribution in [-0.4, -0.2) is 15.0 Å². The molecule has 0 radical (unpaired) electrons. The second-order valence-electron chi connectivity index (χ2n) is 11.4. The molecular formula is C40H23F2N3. The van der Waals surface area contributed by atoms with Gasteiger partial charge >= 0.3 is 0 Å². The minimum atomic E-state index is -0.537. The molecule has 2 aliphatic carbocycles. The average Bonchev–Trinajstić information content (AvgIpc) is 3.56. The van der Waals surface area contributed by atoms with E-state index in [0.717, 1.165) is 16.7 Å². The highest BCUT2D eigenvalue weighted by Gasteiger charge is 2.51. The van der Waals surface area contributed by atoms with Crippen LogP contribution in [0.1, 0.15) is 22.3 Å². The zero-order valence-electron chi connectivity index (χ0n) is 23.9. The van der Waals surface area contributed by atoms with Crippen molar-refractivity contribution in [2.45, 2.75) is 5.41 Å². The van der Waals surface area contributed by atoms with Gasteiger partial charge in [0.2, 0.25) is 0 Å². The highest BCUT2D eigenvalue weighted by Crippen LogP contribution is 2.62. The van der Waals surface area contributed by atoms with E-state index in [0.29, 0.717) is 5.82 Å². The van der Waals surface area contributed by atoms with Crippen molar-refractivity contribution < 1.29 is 8.78 Å². The molecule has 0 fully saturated rings. The average molecular weight is 584 g/mol. The Morgan fingerprint density at radius 1 is 0.356 bits per heavy atom. The van der Waals surface area contributed by atoms with Gasteiger partial charge in [-0.05, 0) is 74.8 Å². The van der Waals surface area contributed by atoms with Crippen LogP contribution < -0.4 is 0 Å². The predicted octanol–water partition coefficient (Wildman–Crippen LogP) is 9.49. The Balaban J connectivity index is 1.33. The maximum absolute atomic E-state index is 15.1. The molecule has 1 spiro atoms. The van der Waals surface area contributed by atoms with Crippen LogP contribution in [0.4, 0.5) is 8.78 Å². The molecule has 0 unspecified atom stereocenters. The number of fused-ring (bicyclic) bond motifs is 10. The van der Waals surface area contributed by atoms with E-state index in [-0.39, 0.29) is 22.8 Å². The Labute approximate surface area is 258 Å². The minimum Gasteiger partial charge on any atom is -0.208 e. The minimum absolute atomic E-state index is 0.145. The number of hydrogen-bond acceptors (Lipinski definition) is 3. The van der Waals surface area contributed by atoms with Gasteiger partial charge in [-0.25, -0.2) is 23.7 Å². The van der Waals surface area contributed by atoms with Crippen LogP contribution in [0.25, 0.3) is 56.4 Å². The second-order valence-corrected chi connectivity index (χ2v) is 11.4. The zero-order chi connectivity index (χ0) is 30.1. The van der Waals surface area contributed by atoms with Gasteiger partial charge in [0.05, 0.1) is 16.5 Å². The number of aromatic nitrogens is 3. The van der Waals surface area contributed by atoms with Gasteiger partial charge < -0.3 is 0 Å². The molecule has 7 aromatic rings. The highest BCUT2D eigenvalue weighted by atomic mass is 19.1. The monoisotopic (exact) mass is 583 g/mol. The maximum Gasteiger partial charge on any atom is 0.167 e. The van der Waals surface area contributed by atoms with Gasteiger partial charge in [-0.2, -0.15) is 0 Å². The number of rotatable bonds is 3. The van der Waals surface area contributed by atoms with Crippen LogP contribution >= 0.6 is 0 Å². The van der Waals surface area contributed by atoms with Crippen LogP contribution in [0, 0.1) is 11.6 Å². The fraction of sp³-hybridized carbons (Fsp3) is 0.0250. The molecule has 5 heteroatoms. The number of halogens is 2. The summed E-state index contributed by atoms with van der Waals surface area (Å²) < 4.78 is 30.1. The van der Waals surface area contributed by atoms with Gasteiger partial charge in [0.25, 0.3) is 0 Å². The first-order chi connectivity index (χ1) is 22.1. The van der Waals surface area contributed by atoms with Crippen LogP contribution in [0.15, 0.2) is 140 Å². The molecule has 45 heavy (non-hydrogen) atoms. The summed E-state index contributed by atoms with van der Waals surface area (Å²) in [5, 5.41) is 0. The van der Waals surface area contributed by atoms with Crippen LogP contribution in [0.3, 0.4) is 0 Å². The number of hydrogen-bond donors (Lipinski definition) is 0. The summed E-state index contributed by atoms with van der Waals surface area (Å²) in [6.45, 7) is 0. The van der Waals surface area contributed by atoms with Crippen molar-refractivity contribution in [3.63, 3.8) is 0 Å². The molecule has 9 rings (SSSR count). The Bertz CT molecular complexity index is 2200. The van der Waals surface area contributed by atoms with E-state index in [1.807, 2.05) is 6.07 Å². The van der Waals surface area contributed by atoms with Crippen molar-refractivity contribution >= 4 is 0 Å². The smallest absolute Gasteiger partial charge is 0.167 e. The topological polar surface area (TPSA) is 38.7 Å². The van der Waals surface area contributed by atoms with E-state index in [1.54, 1.807) is 36.4 Å². The predicted molar refractivity (Wildman–Crippen MR) is 172 cm³/mol. The van der Waals surface area contributed by atoms with Gasteiger partial charge in [-0.15, -0.1) is 0 Å². The SMILES string of the molecule is Fc1ccccc1-c1nc(-c2ccc3c(c2)C2(c4ccccc4-c4ccccc42)c2ccccc2-3)nc(-c2ccccc2F)n1. The third kappa shape index (κ3) is 3.58. The van der Waals surface area contributed by atoms with Crippen molar-refractivity contribution in [3.05, 3.63) is 173 Å². The van der Waals surface area contributed by atoms with Gasteiger partial charge in [0, 0.05) is 5.56 Å². The van der Waals surface area contributed by atoms with Crippen molar-refractivity contribution in [2.24, 2.45) is 0 Å². The van der Waals surface area contributed by atoms with Crippen molar-refractivity contribution in [1.29, 1.82) is 0 Å². The number of nitrogens with zero attached hydrogens (tertiary/aromatic N) is 3. The van der Waals surface area contributed by atoms with Crippen molar-refractivity contribution in [3.8, 4) is 56.4 Å². The van der Waals surface area contributed by atoms with E-state index >= 15 is 8.78 Å². The summed E-state index contributed by atoms with van der Waals surface area (Å²) in [6.07, 6.45) is 0. The molecule has 1 aromatic heterocycles. The summed E-state index contributed by atoms with van der Waals surface area (Å²) in [6, 6.07) is 44.8. The van der Waals surface area contributed by atoms with Crippen LogP contribution in [-0.2, 0) is 5.41 Å². The van der Waals surface area contributed by atoms with Crippen LogP contribution in [0.5, 0.6) is 0 Å². The third-order valence-electron chi connectivity index (χ3n) is 9.12. The van der Waals surface area contributed by atoms with E-state index in [4.69, 9.17) is 9.97 Å². The molecule has 0 saturated heterocycles. The summed E-state index contributed by atoms with van der Waals surface area (Å²) >= 11 is 0. The quantitative estimate of drug-likeness (QED) is 0.208. The first kappa shape index (κ1) is 25.7. The molecule has 0 atom stereocenters. The van der Waals surface area contributed by atoms with Gasteiger partial charge in [0.1, 0.15) is 11.6 Å². The first-order valence-electron chi connectivity index (χ1n) is 14.8. The van der Waals surface area contributed by atoms with E-state index in [9.17, 15) is 0 Å². The summed E-state index contributed by atoms with van der Waals surface area (Å²) in [5.41, 5.74) is 10.2. The molecule has 0 bridgehead atoms. The molecule has 0 N–H and O–H groups in total. The van der Waals surface area contributed by atoms with Crippen molar-refractivity contribution in [2.75, 3.05) is 0 Å². The fourth-order valence-electron chi connectivity index (χ4n) is 7.26. The molecule has 1 heterocycles. The molecule has 2 aliphatic rings. The Morgan fingerprint density at radius 3 is 1.20 bits per heavy atom. The lowest BCUT2D eigenvalue weighted by molar-refractivity contribution is 0.628. The van der Waals surface area contributed by atoms with Gasteiger partial charge in [-0.1, -0.05) is 109 Å². The van der Waals surface area contributed by atoms with Gasteiger partial charge in [-0.3, -0.25) is 0 Å². The standard InChI is InChI=1S/C40H23F2N3/c41-35-19-9-4-14-29(35)38-43-37(44-39(45-38)30-15-5-10-20-36(30)42)24-21-22-28-27-13-3-8-18-33(27)40(34(28)23-24)31-16-6-1-11-25(31)26-12-2-7-17-32(26)40/h1-23H. The second kappa shape index (κ2) is 9.60. The summed E-state index contributed by atoms with van der Waals surface area (Å²) in [4.78, 5) is 14.1. The number of benzene rings is 6. The van der Waals surface area contributed by atoms with E-state index in [1.165, 1.54) is 45.5 Å². The zero-order valence-corrected chi connectivity index (χ0v) is 23.9. The lowest BCUT2D eigenvalue weighted by atomic mass is 9.70. The van der Waals surface area contributed by atoms with E-state index < -0.39 is 17.0 Å². The molecular weight excluding hydrogens is 560 g/mol. The molecule has 0 amide bonds. The lowest BCUT2D eigenvalue weighted by Gasteiger charge is -2.30. The Morgan fingerprint density at radius 2 is 0.733 bits per heavy atom. The lowest BCUT2D eigenvalue weighted by Crippen LogP contribution is -2.25. The molecule has 0 saturated carbocycles. The third-order valence-corrected chi connectivity index (χ3v) is 9.12. The van der Waals surface area contributed by atoms with Gasteiger partial charge in [0.15, 0.2) is 17.5 Å². The largest absolute Gasteiger partial charge is 0.208 e. The fourth-order valence-corrected chi connectivity index (χ4v) is 7.26. The highest BCUT2D eigenvalue weighted by molar-refractivity contribution is 5.95. The molecule has 212 valence electrons. The summed E-state index contributed by atoms with van der Waals surface area (Å²) in [7, 11) is 0. The molecule has 6 aromatic carbocycles. The molecule has 0 aliphatic heterocycles. The Kier molecular flexibility index (Phi) is 5.47.